The van der Waals surface area contributed by atoms with Gasteiger partial charge < -0.3 is 20.1 Å². The normalized spacial score (nSPS) is 16.6. The molecule has 1 atom stereocenters. The Morgan fingerprint density at radius 1 is 1.04 bits per heavy atom. The molecule has 0 spiro atoms. The second-order valence-electron chi connectivity index (χ2n) is 6.88. The summed E-state index contributed by atoms with van der Waals surface area (Å²) >= 11 is 0. The van der Waals surface area contributed by atoms with Crippen LogP contribution in [-0.2, 0) is 0 Å². The largest absolute Gasteiger partial charge is 0.486 e. The van der Waals surface area contributed by atoms with Crippen molar-refractivity contribution in [2.24, 2.45) is 5.92 Å². The summed E-state index contributed by atoms with van der Waals surface area (Å²) < 4.78 is 11.3. The molecule has 4 rings (SSSR count). The van der Waals surface area contributed by atoms with E-state index in [1.54, 1.807) is 0 Å². The zero-order valence-electron chi connectivity index (χ0n) is 14.7. The maximum absolute atomic E-state index is 12.0. The van der Waals surface area contributed by atoms with Crippen LogP contribution < -0.4 is 20.1 Å². The SMILES string of the molecule is O=C(NCCC(c1ccc2c(c1)OCCO2)C1CC1)Nc1ccccc1. The lowest BCUT2D eigenvalue weighted by molar-refractivity contribution is 0.171. The summed E-state index contributed by atoms with van der Waals surface area (Å²) in [5.41, 5.74) is 2.08. The maximum Gasteiger partial charge on any atom is 0.319 e. The van der Waals surface area contributed by atoms with Crippen LogP contribution in [0.4, 0.5) is 10.5 Å². The van der Waals surface area contributed by atoms with Crippen LogP contribution in [0, 0.1) is 5.92 Å². The predicted octanol–water partition coefficient (Wildman–Crippen LogP) is 4.16. The number of anilines is 1. The van der Waals surface area contributed by atoms with Gasteiger partial charge in [0.1, 0.15) is 13.2 Å². The van der Waals surface area contributed by atoms with Gasteiger partial charge in [-0.05, 0) is 60.9 Å². The van der Waals surface area contributed by atoms with Crippen LogP contribution in [0.5, 0.6) is 11.5 Å². The van der Waals surface area contributed by atoms with Crippen LogP contribution in [0.15, 0.2) is 48.5 Å². The van der Waals surface area contributed by atoms with E-state index >= 15 is 0 Å². The Bertz CT molecular complexity index is 759. The Hall–Kier alpha value is -2.69. The van der Waals surface area contributed by atoms with Crippen molar-refractivity contribution in [3.05, 3.63) is 54.1 Å². The van der Waals surface area contributed by atoms with Crippen molar-refractivity contribution in [1.29, 1.82) is 0 Å². The van der Waals surface area contributed by atoms with Gasteiger partial charge in [-0.2, -0.15) is 0 Å². The molecule has 2 amide bonds. The van der Waals surface area contributed by atoms with Gasteiger partial charge in [0, 0.05) is 12.2 Å². The summed E-state index contributed by atoms with van der Waals surface area (Å²) in [4.78, 5) is 12.0. The first kappa shape index (κ1) is 16.8. The molecule has 0 bridgehead atoms. The number of hydrogen-bond acceptors (Lipinski definition) is 3. The molecule has 1 unspecified atom stereocenters. The summed E-state index contributed by atoms with van der Waals surface area (Å²) in [6, 6.07) is 15.6. The molecule has 5 nitrogen and oxygen atoms in total. The average Bonchev–Trinajstić information content (AvgIpc) is 3.51. The van der Waals surface area contributed by atoms with Gasteiger partial charge in [0.05, 0.1) is 0 Å². The number of ether oxygens (including phenoxy) is 2. The fourth-order valence-corrected chi connectivity index (χ4v) is 3.50. The zero-order valence-corrected chi connectivity index (χ0v) is 14.7. The minimum absolute atomic E-state index is 0.159. The lowest BCUT2D eigenvalue weighted by Gasteiger charge is -2.22. The molecule has 1 fully saturated rings. The lowest BCUT2D eigenvalue weighted by Crippen LogP contribution is -2.30. The van der Waals surface area contributed by atoms with Crippen molar-refractivity contribution in [3.8, 4) is 11.5 Å². The molecule has 0 radical (unpaired) electrons. The number of amides is 2. The van der Waals surface area contributed by atoms with Gasteiger partial charge in [-0.25, -0.2) is 4.79 Å². The van der Waals surface area contributed by atoms with Crippen molar-refractivity contribution < 1.29 is 14.3 Å². The third kappa shape index (κ3) is 4.10. The monoisotopic (exact) mass is 352 g/mol. The van der Waals surface area contributed by atoms with Crippen LogP contribution in [-0.4, -0.2) is 25.8 Å². The zero-order chi connectivity index (χ0) is 17.8. The first-order chi connectivity index (χ1) is 12.8. The molecule has 1 aliphatic carbocycles. The van der Waals surface area contributed by atoms with Crippen LogP contribution in [0.25, 0.3) is 0 Å². The number of nitrogens with one attached hydrogen (secondary N) is 2. The molecule has 2 N–H and O–H groups in total. The minimum Gasteiger partial charge on any atom is -0.486 e. The van der Waals surface area contributed by atoms with E-state index in [-0.39, 0.29) is 6.03 Å². The minimum atomic E-state index is -0.159. The van der Waals surface area contributed by atoms with Crippen LogP contribution in [0.2, 0.25) is 0 Å². The number of rotatable bonds is 6. The van der Waals surface area contributed by atoms with E-state index < -0.39 is 0 Å². The number of carbonyl (C=O) groups excluding carboxylic acids is 1. The van der Waals surface area contributed by atoms with Gasteiger partial charge in [-0.3, -0.25) is 0 Å². The molecule has 0 saturated heterocycles. The highest BCUT2D eigenvalue weighted by Gasteiger charge is 2.32. The number of urea groups is 1. The highest BCUT2D eigenvalue weighted by Crippen LogP contribution is 2.46. The molecular weight excluding hydrogens is 328 g/mol. The van der Waals surface area contributed by atoms with E-state index in [2.05, 4.69) is 22.8 Å². The topological polar surface area (TPSA) is 59.6 Å². The second kappa shape index (κ2) is 7.68. The van der Waals surface area contributed by atoms with E-state index in [4.69, 9.17) is 9.47 Å². The van der Waals surface area contributed by atoms with Crippen molar-refractivity contribution in [2.75, 3.05) is 25.1 Å². The fourth-order valence-electron chi connectivity index (χ4n) is 3.50. The Morgan fingerprint density at radius 3 is 2.58 bits per heavy atom. The molecule has 26 heavy (non-hydrogen) atoms. The molecule has 1 aliphatic heterocycles. The average molecular weight is 352 g/mol. The van der Waals surface area contributed by atoms with Gasteiger partial charge in [0.15, 0.2) is 11.5 Å². The van der Waals surface area contributed by atoms with Crippen LogP contribution >= 0.6 is 0 Å². The number of carbonyl (C=O) groups is 1. The van der Waals surface area contributed by atoms with Crippen LogP contribution in [0.3, 0.4) is 0 Å². The van der Waals surface area contributed by atoms with Gasteiger partial charge >= 0.3 is 6.03 Å². The summed E-state index contributed by atoms with van der Waals surface area (Å²) in [7, 11) is 0. The molecule has 2 aromatic rings. The second-order valence-corrected chi connectivity index (χ2v) is 6.88. The molecular formula is C21H24N2O3. The Kier molecular flexibility index (Phi) is 4.95. The predicted molar refractivity (Wildman–Crippen MR) is 101 cm³/mol. The molecule has 1 heterocycles. The van der Waals surface area contributed by atoms with Crippen molar-refractivity contribution in [1.82, 2.24) is 5.32 Å². The van der Waals surface area contributed by atoms with E-state index in [0.29, 0.717) is 31.6 Å². The fraction of sp³-hybridized carbons (Fsp3) is 0.381. The first-order valence-electron chi connectivity index (χ1n) is 9.29. The third-order valence-corrected chi connectivity index (χ3v) is 4.96. The van der Waals surface area contributed by atoms with Crippen LogP contribution in [0.1, 0.15) is 30.7 Å². The molecule has 2 aromatic carbocycles. The van der Waals surface area contributed by atoms with Crippen molar-refractivity contribution >= 4 is 11.7 Å². The standard InChI is InChI=1S/C21H24N2O3/c24-21(23-17-4-2-1-3-5-17)22-11-10-18(15-6-7-15)16-8-9-19-20(14-16)26-13-12-25-19/h1-5,8-9,14-15,18H,6-7,10-13H2,(H2,22,23,24). The quantitative estimate of drug-likeness (QED) is 0.820. The summed E-state index contributed by atoms with van der Waals surface area (Å²) in [5, 5.41) is 5.82. The number of hydrogen-bond donors (Lipinski definition) is 2. The van der Waals surface area contributed by atoms with Gasteiger partial charge in [-0.1, -0.05) is 24.3 Å². The Balaban J connectivity index is 1.34. The van der Waals surface area contributed by atoms with Crippen molar-refractivity contribution in [3.63, 3.8) is 0 Å². The molecule has 0 aromatic heterocycles. The summed E-state index contributed by atoms with van der Waals surface area (Å²) in [5.74, 6) is 2.82. The van der Waals surface area contributed by atoms with Gasteiger partial charge in [0.2, 0.25) is 0 Å². The Morgan fingerprint density at radius 2 is 1.81 bits per heavy atom. The summed E-state index contributed by atoms with van der Waals surface area (Å²) in [6.07, 6.45) is 3.44. The van der Waals surface area contributed by atoms with E-state index in [9.17, 15) is 4.79 Å². The number of fused-ring (bicyclic) bond motifs is 1. The molecule has 1 saturated carbocycles. The van der Waals surface area contributed by atoms with E-state index in [1.807, 2.05) is 36.4 Å². The number of para-hydroxylation sites is 1. The maximum atomic E-state index is 12.0. The smallest absolute Gasteiger partial charge is 0.319 e. The highest BCUT2D eigenvalue weighted by molar-refractivity contribution is 5.89. The molecule has 136 valence electrons. The van der Waals surface area contributed by atoms with E-state index in [1.165, 1.54) is 18.4 Å². The highest BCUT2D eigenvalue weighted by atomic mass is 16.6. The number of benzene rings is 2. The molecule has 2 aliphatic rings. The van der Waals surface area contributed by atoms with Gasteiger partial charge in [0.25, 0.3) is 0 Å². The third-order valence-electron chi connectivity index (χ3n) is 4.96. The summed E-state index contributed by atoms with van der Waals surface area (Å²) in [6.45, 7) is 1.86. The van der Waals surface area contributed by atoms with Gasteiger partial charge in [-0.15, -0.1) is 0 Å². The first-order valence-corrected chi connectivity index (χ1v) is 9.29. The Labute approximate surface area is 153 Å². The lowest BCUT2D eigenvalue weighted by atomic mass is 9.90. The van der Waals surface area contributed by atoms with E-state index in [0.717, 1.165) is 23.6 Å². The van der Waals surface area contributed by atoms with Crippen molar-refractivity contribution in [2.45, 2.75) is 25.2 Å². The molecule has 5 heteroatoms.